The van der Waals surface area contributed by atoms with Crippen molar-refractivity contribution in [2.75, 3.05) is 45.2 Å². The summed E-state index contributed by atoms with van der Waals surface area (Å²) >= 11 is 6.43. The molecular formula is C39H48ClN5O2. The Labute approximate surface area is 284 Å². The number of piperidine rings is 1. The lowest BCUT2D eigenvalue weighted by Gasteiger charge is -2.37. The fraction of sp³-hybridized carbons (Fsp3) is 0.436. The van der Waals surface area contributed by atoms with Crippen LogP contribution in [0.1, 0.15) is 48.8 Å². The van der Waals surface area contributed by atoms with Gasteiger partial charge in [-0.05, 0) is 119 Å². The van der Waals surface area contributed by atoms with Crippen molar-refractivity contribution in [1.82, 2.24) is 20.1 Å². The van der Waals surface area contributed by atoms with Crippen LogP contribution in [0.5, 0.6) is 0 Å². The van der Waals surface area contributed by atoms with Crippen LogP contribution in [0, 0.1) is 11.8 Å². The number of rotatable bonds is 12. The molecule has 47 heavy (non-hydrogen) atoms. The maximum atomic E-state index is 14.6. The number of halogens is 1. The zero-order valence-corrected chi connectivity index (χ0v) is 28.5. The van der Waals surface area contributed by atoms with Crippen molar-refractivity contribution in [1.29, 1.82) is 0 Å². The Bertz CT molecular complexity index is 1650. The van der Waals surface area contributed by atoms with Crippen molar-refractivity contribution in [3.05, 3.63) is 101 Å². The molecule has 2 unspecified atom stereocenters. The maximum absolute atomic E-state index is 14.6. The molecule has 1 aromatic heterocycles. The van der Waals surface area contributed by atoms with E-state index < -0.39 is 6.04 Å². The summed E-state index contributed by atoms with van der Waals surface area (Å²) in [7, 11) is 4.16. The van der Waals surface area contributed by atoms with Gasteiger partial charge < -0.3 is 20.1 Å². The van der Waals surface area contributed by atoms with E-state index in [1.165, 1.54) is 5.56 Å². The highest BCUT2D eigenvalue weighted by Crippen LogP contribution is 2.34. The first kappa shape index (κ1) is 33.3. The fourth-order valence-corrected chi connectivity index (χ4v) is 7.54. The molecule has 0 radical (unpaired) electrons. The minimum Gasteiger partial charge on any atom is -0.361 e. The van der Waals surface area contributed by atoms with Gasteiger partial charge in [-0.15, -0.1) is 0 Å². The van der Waals surface area contributed by atoms with E-state index in [-0.39, 0.29) is 11.8 Å². The van der Waals surface area contributed by atoms with Crippen LogP contribution < -0.4 is 10.2 Å². The number of anilines is 1. The Morgan fingerprint density at radius 2 is 1.74 bits per heavy atom. The van der Waals surface area contributed by atoms with Crippen molar-refractivity contribution < 1.29 is 9.59 Å². The highest BCUT2D eigenvalue weighted by molar-refractivity contribution is 6.30. The minimum atomic E-state index is -0.675. The van der Waals surface area contributed by atoms with Gasteiger partial charge in [-0.3, -0.25) is 14.5 Å². The number of carbonyl (C=O) groups is 2. The summed E-state index contributed by atoms with van der Waals surface area (Å²) in [6.07, 6.45) is 7.73. The molecule has 7 nitrogen and oxygen atoms in total. The van der Waals surface area contributed by atoms with Crippen LogP contribution in [0.15, 0.2) is 79.0 Å². The van der Waals surface area contributed by atoms with E-state index in [0.29, 0.717) is 36.2 Å². The van der Waals surface area contributed by atoms with Crippen LogP contribution in [-0.4, -0.2) is 72.9 Å². The molecule has 2 N–H and O–H groups in total. The van der Waals surface area contributed by atoms with E-state index in [0.717, 1.165) is 86.0 Å². The van der Waals surface area contributed by atoms with Gasteiger partial charge in [0.15, 0.2) is 0 Å². The van der Waals surface area contributed by atoms with Gasteiger partial charge in [0.05, 0.1) is 0 Å². The molecule has 1 fully saturated rings. The Morgan fingerprint density at radius 3 is 2.53 bits per heavy atom. The second kappa shape index (κ2) is 15.5. The van der Waals surface area contributed by atoms with E-state index in [1.807, 2.05) is 47.5 Å². The van der Waals surface area contributed by atoms with Crippen LogP contribution in [0.4, 0.5) is 5.69 Å². The number of nitrogens with one attached hydrogen (secondary N) is 2. The number of amides is 2. The Morgan fingerprint density at radius 1 is 0.979 bits per heavy atom. The number of carbonyl (C=O) groups excluding carboxylic acids is 2. The second-order valence-corrected chi connectivity index (χ2v) is 14.2. The van der Waals surface area contributed by atoms with Crippen LogP contribution in [0.3, 0.4) is 0 Å². The zero-order chi connectivity index (χ0) is 32.8. The van der Waals surface area contributed by atoms with Crippen molar-refractivity contribution in [2.45, 2.75) is 57.5 Å². The average Bonchev–Trinajstić information content (AvgIpc) is 3.49. The largest absolute Gasteiger partial charge is 0.361 e. The molecular weight excluding hydrogens is 606 g/mol. The number of likely N-dealkylation sites (tertiary alicyclic amines) is 1. The average molecular weight is 654 g/mol. The summed E-state index contributed by atoms with van der Waals surface area (Å²) in [5, 5.41) is 4.98. The van der Waals surface area contributed by atoms with Gasteiger partial charge in [-0.25, -0.2) is 0 Å². The fourth-order valence-electron chi connectivity index (χ4n) is 7.34. The SMILES string of the molecule is CN(C)CCC1Cc2cc(Cl)ccc2N(C(=O)C(Cc2c[nH]c3ccccc23)NC(=O)CCC2CCN(Cc3ccccc3)CC2)C1. The summed E-state index contributed by atoms with van der Waals surface area (Å²) in [4.78, 5) is 38.1. The quantitative estimate of drug-likeness (QED) is 0.179. The van der Waals surface area contributed by atoms with E-state index >= 15 is 0 Å². The molecule has 2 aliphatic heterocycles. The summed E-state index contributed by atoms with van der Waals surface area (Å²) in [6.45, 7) is 4.66. The Kier molecular flexibility index (Phi) is 11.0. The third-order valence-electron chi connectivity index (χ3n) is 10.0. The van der Waals surface area contributed by atoms with Gasteiger partial charge in [-0.2, -0.15) is 0 Å². The molecule has 3 aromatic carbocycles. The Balaban J connectivity index is 1.14. The lowest BCUT2D eigenvalue weighted by molar-refractivity contribution is -0.127. The Hall–Kier alpha value is -3.65. The van der Waals surface area contributed by atoms with Gasteiger partial charge in [0.2, 0.25) is 11.8 Å². The highest BCUT2D eigenvalue weighted by Gasteiger charge is 2.34. The molecule has 6 rings (SSSR count). The first-order valence-corrected chi connectivity index (χ1v) is 17.6. The smallest absolute Gasteiger partial charge is 0.249 e. The van der Waals surface area contributed by atoms with Crippen LogP contribution in [0.2, 0.25) is 5.02 Å². The second-order valence-electron chi connectivity index (χ2n) is 13.8. The number of aromatic nitrogens is 1. The van der Waals surface area contributed by atoms with Gasteiger partial charge in [0.25, 0.3) is 0 Å². The number of fused-ring (bicyclic) bond motifs is 2. The highest BCUT2D eigenvalue weighted by atomic mass is 35.5. The first-order valence-electron chi connectivity index (χ1n) is 17.2. The normalized spacial score (nSPS) is 18.0. The third-order valence-corrected chi connectivity index (χ3v) is 10.2. The van der Waals surface area contributed by atoms with Crippen molar-refractivity contribution in [3.8, 4) is 0 Å². The van der Waals surface area contributed by atoms with Gasteiger partial charge >= 0.3 is 0 Å². The monoisotopic (exact) mass is 653 g/mol. The topological polar surface area (TPSA) is 71.7 Å². The number of H-pyrrole nitrogens is 1. The summed E-state index contributed by atoms with van der Waals surface area (Å²) in [6, 6.07) is 23.9. The van der Waals surface area contributed by atoms with Crippen molar-refractivity contribution in [2.24, 2.45) is 11.8 Å². The first-order chi connectivity index (χ1) is 22.8. The molecule has 0 saturated carbocycles. The molecule has 2 atom stereocenters. The molecule has 0 spiro atoms. The standard InChI is InChI=1S/C39H48ClN5O2/c1-43(2)19-16-30-22-31-23-33(40)13-14-37(31)45(27-30)39(47)36(24-32-25-41-35-11-7-6-10-34(32)35)42-38(46)15-12-28-17-20-44(21-18-28)26-29-8-4-3-5-9-29/h3-11,13-14,23,25,28,30,36,41H,12,15-22,24,26-27H2,1-2H3,(H,42,46). The van der Waals surface area contributed by atoms with Gasteiger partial charge in [-0.1, -0.05) is 60.1 Å². The van der Waals surface area contributed by atoms with E-state index in [1.54, 1.807) is 0 Å². The predicted molar refractivity (Wildman–Crippen MR) is 192 cm³/mol. The summed E-state index contributed by atoms with van der Waals surface area (Å²) in [5.41, 5.74) is 5.40. The zero-order valence-electron chi connectivity index (χ0n) is 27.8. The number of hydrogen-bond donors (Lipinski definition) is 2. The molecule has 248 valence electrons. The molecule has 1 saturated heterocycles. The number of hydrogen-bond acceptors (Lipinski definition) is 4. The van der Waals surface area contributed by atoms with Crippen LogP contribution >= 0.6 is 11.6 Å². The number of nitrogens with zero attached hydrogens (tertiary/aromatic N) is 3. The molecule has 0 aliphatic carbocycles. The molecule has 2 aliphatic rings. The third kappa shape index (κ3) is 8.64. The predicted octanol–water partition coefficient (Wildman–Crippen LogP) is 6.70. The molecule has 8 heteroatoms. The van der Waals surface area contributed by atoms with E-state index in [4.69, 9.17) is 11.6 Å². The minimum absolute atomic E-state index is 0.0487. The molecule has 0 bridgehead atoms. The van der Waals surface area contributed by atoms with Crippen LogP contribution in [-0.2, 0) is 29.0 Å². The van der Waals surface area contributed by atoms with Gasteiger partial charge in [0, 0.05) is 53.7 Å². The lowest BCUT2D eigenvalue weighted by Crippen LogP contribution is -2.52. The maximum Gasteiger partial charge on any atom is 0.249 e. The lowest BCUT2D eigenvalue weighted by atomic mass is 9.89. The summed E-state index contributed by atoms with van der Waals surface area (Å²) < 4.78 is 0. The molecule has 2 amide bonds. The molecule has 4 aromatic rings. The number of para-hydroxylation sites is 1. The molecule has 3 heterocycles. The number of benzene rings is 3. The van der Waals surface area contributed by atoms with Gasteiger partial charge in [0.1, 0.15) is 6.04 Å². The number of aromatic amines is 1. The summed E-state index contributed by atoms with van der Waals surface area (Å²) in [5.74, 6) is 0.722. The van der Waals surface area contributed by atoms with Crippen molar-refractivity contribution >= 4 is 40.0 Å². The van der Waals surface area contributed by atoms with E-state index in [9.17, 15) is 9.59 Å². The van der Waals surface area contributed by atoms with Crippen LogP contribution in [0.25, 0.3) is 10.9 Å². The van der Waals surface area contributed by atoms with E-state index in [2.05, 4.69) is 70.6 Å². The van der Waals surface area contributed by atoms with Crippen molar-refractivity contribution in [3.63, 3.8) is 0 Å².